The van der Waals surface area contributed by atoms with Crippen molar-refractivity contribution in [1.29, 1.82) is 0 Å². The minimum absolute atomic E-state index is 0.0636. The molecule has 0 aromatic carbocycles. The Morgan fingerprint density at radius 2 is 2.36 bits per heavy atom. The van der Waals surface area contributed by atoms with Gasteiger partial charge in [-0.25, -0.2) is 4.39 Å². The number of halogens is 2. The van der Waals surface area contributed by atoms with Gasteiger partial charge in [-0.1, -0.05) is 11.6 Å². The lowest BCUT2D eigenvalue weighted by atomic mass is 10.1. The number of nitrogens with zero attached hydrogens (tertiary/aromatic N) is 1. The van der Waals surface area contributed by atoms with Crippen LogP contribution in [0.4, 0.5) is 4.39 Å². The Balaban J connectivity index is 3.06. The zero-order valence-corrected chi connectivity index (χ0v) is 8.56. The van der Waals surface area contributed by atoms with E-state index in [-0.39, 0.29) is 11.4 Å². The molecule has 1 aromatic heterocycles. The van der Waals surface area contributed by atoms with Crippen molar-refractivity contribution in [3.63, 3.8) is 0 Å². The van der Waals surface area contributed by atoms with Crippen LogP contribution in [0.15, 0.2) is 6.20 Å². The van der Waals surface area contributed by atoms with E-state index in [1.165, 1.54) is 7.11 Å². The predicted octanol–water partition coefficient (Wildman–Crippen LogP) is 1.90. The molecular formula is C9H9ClFNO2. The number of pyridine rings is 1. The van der Waals surface area contributed by atoms with Crippen molar-refractivity contribution in [1.82, 2.24) is 4.98 Å². The number of methoxy groups -OCH3 is 1. The normalized spacial score (nSPS) is 10.0. The SMILES string of the molecule is COC(=O)Cc1c(C)ncc(F)c1Cl. The zero-order valence-electron chi connectivity index (χ0n) is 7.80. The zero-order chi connectivity index (χ0) is 10.7. The van der Waals surface area contributed by atoms with Crippen molar-refractivity contribution in [2.24, 2.45) is 0 Å². The highest BCUT2D eigenvalue weighted by Crippen LogP contribution is 2.22. The molecule has 0 saturated heterocycles. The van der Waals surface area contributed by atoms with Crippen LogP contribution in [0.5, 0.6) is 0 Å². The summed E-state index contributed by atoms with van der Waals surface area (Å²) in [4.78, 5) is 14.7. The average Bonchev–Trinajstić information content (AvgIpc) is 2.18. The van der Waals surface area contributed by atoms with Gasteiger partial charge < -0.3 is 4.74 Å². The monoisotopic (exact) mass is 217 g/mol. The lowest BCUT2D eigenvalue weighted by Crippen LogP contribution is -2.08. The third-order valence-electron chi connectivity index (χ3n) is 1.83. The molecule has 1 aromatic rings. The summed E-state index contributed by atoms with van der Waals surface area (Å²) in [7, 11) is 1.26. The highest BCUT2D eigenvalue weighted by Gasteiger charge is 2.14. The van der Waals surface area contributed by atoms with Crippen molar-refractivity contribution in [2.45, 2.75) is 13.3 Å². The summed E-state index contributed by atoms with van der Waals surface area (Å²) < 4.78 is 17.4. The van der Waals surface area contributed by atoms with Crippen molar-refractivity contribution < 1.29 is 13.9 Å². The lowest BCUT2D eigenvalue weighted by molar-refractivity contribution is -0.139. The predicted molar refractivity (Wildman–Crippen MR) is 49.7 cm³/mol. The first-order chi connectivity index (χ1) is 6.56. The molecule has 0 aliphatic carbocycles. The number of hydrogen-bond acceptors (Lipinski definition) is 3. The van der Waals surface area contributed by atoms with Crippen LogP contribution in [-0.2, 0) is 16.0 Å². The third kappa shape index (κ3) is 2.20. The second-order valence-electron chi connectivity index (χ2n) is 2.74. The number of aryl methyl sites for hydroxylation is 1. The Bertz CT molecular complexity index is 368. The smallest absolute Gasteiger partial charge is 0.310 e. The summed E-state index contributed by atoms with van der Waals surface area (Å²) in [6, 6.07) is 0. The van der Waals surface area contributed by atoms with Gasteiger partial charge in [0.25, 0.3) is 0 Å². The molecule has 0 amide bonds. The molecule has 0 spiro atoms. The maximum atomic E-state index is 13.0. The van der Waals surface area contributed by atoms with E-state index in [9.17, 15) is 9.18 Å². The quantitative estimate of drug-likeness (QED) is 0.711. The van der Waals surface area contributed by atoms with E-state index in [0.717, 1.165) is 6.20 Å². The van der Waals surface area contributed by atoms with Crippen LogP contribution in [0.1, 0.15) is 11.3 Å². The van der Waals surface area contributed by atoms with Gasteiger partial charge in [0.05, 0.1) is 24.8 Å². The van der Waals surface area contributed by atoms with Crippen molar-refractivity contribution in [3.8, 4) is 0 Å². The molecule has 0 fully saturated rings. The fraction of sp³-hybridized carbons (Fsp3) is 0.333. The van der Waals surface area contributed by atoms with Gasteiger partial charge in [0.1, 0.15) is 0 Å². The second kappa shape index (κ2) is 4.37. The van der Waals surface area contributed by atoms with E-state index in [0.29, 0.717) is 11.3 Å². The van der Waals surface area contributed by atoms with E-state index in [1.807, 2.05) is 0 Å². The van der Waals surface area contributed by atoms with Crippen molar-refractivity contribution in [3.05, 3.63) is 28.3 Å². The molecule has 0 atom stereocenters. The van der Waals surface area contributed by atoms with Gasteiger partial charge in [0.15, 0.2) is 5.82 Å². The van der Waals surface area contributed by atoms with Crippen LogP contribution < -0.4 is 0 Å². The third-order valence-corrected chi connectivity index (χ3v) is 2.24. The van der Waals surface area contributed by atoms with Gasteiger partial charge in [0, 0.05) is 11.3 Å². The molecule has 0 unspecified atom stereocenters. The number of esters is 1. The van der Waals surface area contributed by atoms with Gasteiger partial charge in [0.2, 0.25) is 0 Å². The van der Waals surface area contributed by atoms with Crippen molar-refractivity contribution >= 4 is 17.6 Å². The maximum absolute atomic E-state index is 13.0. The van der Waals surface area contributed by atoms with Gasteiger partial charge in [-0.05, 0) is 6.92 Å². The standard InChI is InChI=1S/C9H9ClFNO2/c1-5-6(3-8(13)14-2)9(10)7(11)4-12-5/h4H,3H2,1-2H3. The van der Waals surface area contributed by atoms with Gasteiger partial charge >= 0.3 is 5.97 Å². The van der Waals surface area contributed by atoms with E-state index in [1.54, 1.807) is 6.92 Å². The topological polar surface area (TPSA) is 39.2 Å². The number of hydrogen-bond donors (Lipinski definition) is 0. The molecule has 0 radical (unpaired) electrons. The number of rotatable bonds is 2. The minimum Gasteiger partial charge on any atom is -0.469 e. The first-order valence-corrected chi connectivity index (χ1v) is 4.30. The van der Waals surface area contributed by atoms with E-state index < -0.39 is 11.8 Å². The highest BCUT2D eigenvalue weighted by molar-refractivity contribution is 6.31. The summed E-state index contributed by atoms with van der Waals surface area (Å²) in [6.07, 6.45) is 0.963. The van der Waals surface area contributed by atoms with Crippen LogP contribution in [0.3, 0.4) is 0 Å². The fourth-order valence-electron chi connectivity index (χ4n) is 1.01. The van der Waals surface area contributed by atoms with Crippen LogP contribution in [-0.4, -0.2) is 18.1 Å². The Hall–Kier alpha value is -1.16. The van der Waals surface area contributed by atoms with Crippen molar-refractivity contribution in [2.75, 3.05) is 7.11 Å². The highest BCUT2D eigenvalue weighted by atomic mass is 35.5. The first-order valence-electron chi connectivity index (χ1n) is 3.92. The number of ether oxygens (including phenoxy) is 1. The molecule has 0 saturated carbocycles. The largest absolute Gasteiger partial charge is 0.469 e. The summed E-state index contributed by atoms with van der Waals surface area (Å²) in [6.45, 7) is 1.66. The lowest BCUT2D eigenvalue weighted by Gasteiger charge is -2.06. The molecule has 0 N–H and O–H groups in total. The van der Waals surface area contributed by atoms with Crippen LogP contribution in [0, 0.1) is 12.7 Å². The number of carbonyl (C=O) groups is 1. The maximum Gasteiger partial charge on any atom is 0.310 e. The van der Waals surface area contributed by atoms with E-state index >= 15 is 0 Å². The number of carbonyl (C=O) groups excluding carboxylic acids is 1. The van der Waals surface area contributed by atoms with Gasteiger partial charge in [-0.3, -0.25) is 9.78 Å². The summed E-state index contributed by atoms with van der Waals surface area (Å²) in [5.41, 5.74) is 0.903. The molecule has 76 valence electrons. The van der Waals surface area contributed by atoms with Crippen LogP contribution in [0.2, 0.25) is 5.02 Å². The molecule has 0 aliphatic rings. The molecule has 0 aliphatic heterocycles. The Labute approximate surface area is 85.9 Å². The molecule has 1 rings (SSSR count). The fourth-order valence-corrected chi connectivity index (χ4v) is 1.27. The molecule has 0 bridgehead atoms. The molecule has 1 heterocycles. The Morgan fingerprint density at radius 1 is 1.71 bits per heavy atom. The Kier molecular flexibility index (Phi) is 3.41. The van der Waals surface area contributed by atoms with E-state index in [2.05, 4.69) is 9.72 Å². The first kappa shape index (κ1) is 10.9. The van der Waals surface area contributed by atoms with Gasteiger partial charge in [-0.15, -0.1) is 0 Å². The molecule has 5 heteroatoms. The summed E-state index contributed by atoms with van der Waals surface area (Å²) in [5, 5.41) is -0.0668. The van der Waals surface area contributed by atoms with E-state index in [4.69, 9.17) is 11.6 Å². The summed E-state index contributed by atoms with van der Waals surface area (Å²) >= 11 is 5.68. The average molecular weight is 218 g/mol. The van der Waals surface area contributed by atoms with Crippen LogP contribution >= 0.6 is 11.6 Å². The number of aromatic nitrogens is 1. The minimum atomic E-state index is -0.629. The molecule has 14 heavy (non-hydrogen) atoms. The van der Waals surface area contributed by atoms with Gasteiger partial charge in [-0.2, -0.15) is 0 Å². The molecular weight excluding hydrogens is 209 g/mol. The molecule has 3 nitrogen and oxygen atoms in total. The Morgan fingerprint density at radius 3 is 2.93 bits per heavy atom. The van der Waals surface area contributed by atoms with Crippen LogP contribution in [0.25, 0.3) is 0 Å². The second-order valence-corrected chi connectivity index (χ2v) is 3.11. The summed E-state index contributed by atoms with van der Waals surface area (Å²) in [5.74, 6) is -1.10.